The summed E-state index contributed by atoms with van der Waals surface area (Å²) >= 11 is 6.09. The van der Waals surface area contributed by atoms with Crippen LogP contribution < -0.4 is 5.32 Å². The highest BCUT2D eigenvalue weighted by atomic mass is 35.5. The van der Waals surface area contributed by atoms with E-state index in [9.17, 15) is 10.1 Å². The Bertz CT molecular complexity index is 437. The number of nitro groups is 1. The van der Waals surface area contributed by atoms with Crippen molar-refractivity contribution in [2.24, 2.45) is 5.92 Å². The number of nitrogens with zero attached hydrogens (tertiary/aromatic N) is 1. The van der Waals surface area contributed by atoms with Crippen molar-refractivity contribution in [2.75, 3.05) is 5.32 Å². The van der Waals surface area contributed by atoms with E-state index in [1.165, 1.54) is 12.1 Å². The van der Waals surface area contributed by atoms with Crippen LogP contribution in [0.2, 0.25) is 5.02 Å². The molecule has 0 radical (unpaired) electrons. The van der Waals surface area contributed by atoms with Gasteiger partial charge in [-0.15, -0.1) is 0 Å². The molecular weight excluding hydrogens is 264 g/mol. The number of non-ortho nitro benzene ring substituents is 1. The van der Waals surface area contributed by atoms with Crippen molar-refractivity contribution in [1.29, 1.82) is 0 Å². The summed E-state index contributed by atoms with van der Waals surface area (Å²) in [5.41, 5.74) is 0.705. The van der Waals surface area contributed by atoms with Crippen LogP contribution in [0.25, 0.3) is 0 Å². The topological polar surface area (TPSA) is 55.2 Å². The Balaban J connectivity index is 2.84. The number of hydrogen-bond donors (Lipinski definition) is 1. The number of hydrogen-bond acceptors (Lipinski definition) is 3. The van der Waals surface area contributed by atoms with Crippen LogP contribution in [0.15, 0.2) is 18.2 Å². The molecule has 0 fully saturated rings. The Morgan fingerprint density at radius 3 is 2.58 bits per heavy atom. The van der Waals surface area contributed by atoms with Crippen molar-refractivity contribution < 1.29 is 4.92 Å². The van der Waals surface area contributed by atoms with Crippen molar-refractivity contribution in [3.8, 4) is 0 Å². The van der Waals surface area contributed by atoms with E-state index in [1.807, 2.05) is 0 Å². The van der Waals surface area contributed by atoms with E-state index in [2.05, 4.69) is 26.1 Å². The maximum atomic E-state index is 10.8. The van der Waals surface area contributed by atoms with Gasteiger partial charge in [0.1, 0.15) is 0 Å². The van der Waals surface area contributed by atoms with E-state index in [0.29, 0.717) is 16.6 Å². The Kier molecular flexibility index (Phi) is 6.09. The fourth-order valence-electron chi connectivity index (χ4n) is 1.94. The molecule has 0 amide bonds. The van der Waals surface area contributed by atoms with Crippen LogP contribution in [0.1, 0.15) is 40.0 Å². The average molecular weight is 285 g/mol. The van der Waals surface area contributed by atoms with Crippen molar-refractivity contribution >= 4 is 23.0 Å². The molecule has 2 atom stereocenters. The van der Waals surface area contributed by atoms with Crippen molar-refractivity contribution in [2.45, 2.75) is 46.1 Å². The smallest absolute Gasteiger partial charge is 0.271 e. The van der Waals surface area contributed by atoms with E-state index >= 15 is 0 Å². The first-order chi connectivity index (χ1) is 8.97. The number of halogens is 1. The van der Waals surface area contributed by atoms with Gasteiger partial charge in [0.05, 0.1) is 15.6 Å². The zero-order valence-electron chi connectivity index (χ0n) is 11.6. The molecule has 5 heteroatoms. The lowest BCUT2D eigenvalue weighted by Crippen LogP contribution is -2.21. The largest absolute Gasteiger partial charge is 0.381 e. The first-order valence-electron chi connectivity index (χ1n) is 6.68. The highest BCUT2D eigenvalue weighted by molar-refractivity contribution is 6.33. The van der Waals surface area contributed by atoms with Gasteiger partial charge in [0, 0.05) is 18.2 Å². The van der Waals surface area contributed by atoms with Crippen LogP contribution in [-0.2, 0) is 0 Å². The van der Waals surface area contributed by atoms with Gasteiger partial charge in [-0.25, -0.2) is 0 Å². The second kappa shape index (κ2) is 7.34. The molecule has 0 saturated carbocycles. The molecule has 2 unspecified atom stereocenters. The molecule has 1 rings (SSSR count). The SMILES string of the molecule is CCC(C)CC(CC)Nc1cc([N+](=O)[O-])ccc1Cl. The summed E-state index contributed by atoms with van der Waals surface area (Å²) in [5.74, 6) is 0.620. The van der Waals surface area contributed by atoms with Crippen LogP contribution in [0.3, 0.4) is 0 Å². The van der Waals surface area contributed by atoms with Crippen LogP contribution in [0, 0.1) is 16.0 Å². The van der Waals surface area contributed by atoms with E-state index in [-0.39, 0.29) is 11.7 Å². The quantitative estimate of drug-likeness (QED) is 0.574. The Morgan fingerprint density at radius 1 is 1.37 bits per heavy atom. The Hall–Kier alpha value is -1.29. The van der Waals surface area contributed by atoms with Gasteiger partial charge < -0.3 is 5.32 Å². The first kappa shape index (κ1) is 15.8. The van der Waals surface area contributed by atoms with Gasteiger partial charge in [-0.2, -0.15) is 0 Å². The van der Waals surface area contributed by atoms with Crippen LogP contribution in [-0.4, -0.2) is 11.0 Å². The van der Waals surface area contributed by atoms with Gasteiger partial charge in [-0.05, 0) is 24.8 Å². The van der Waals surface area contributed by atoms with Crippen molar-refractivity contribution in [3.05, 3.63) is 33.3 Å². The third-order valence-electron chi connectivity index (χ3n) is 3.40. The fraction of sp³-hybridized carbons (Fsp3) is 0.571. The summed E-state index contributed by atoms with van der Waals surface area (Å²) in [6.07, 6.45) is 3.12. The lowest BCUT2D eigenvalue weighted by molar-refractivity contribution is -0.384. The molecule has 0 heterocycles. The van der Waals surface area contributed by atoms with Crippen LogP contribution >= 0.6 is 11.6 Å². The molecule has 1 aromatic carbocycles. The molecule has 1 aromatic rings. The molecule has 106 valence electrons. The number of nitro benzene ring substituents is 1. The molecule has 0 aliphatic carbocycles. The molecule has 19 heavy (non-hydrogen) atoms. The highest BCUT2D eigenvalue weighted by Gasteiger charge is 2.14. The molecular formula is C14H21ClN2O2. The zero-order valence-corrected chi connectivity index (χ0v) is 12.4. The number of rotatable bonds is 7. The molecule has 0 saturated heterocycles. The van der Waals surface area contributed by atoms with Crippen molar-refractivity contribution in [1.82, 2.24) is 0 Å². The van der Waals surface area contributed by atoms with Gasteiger partial charge in [-0.1, -0.05) is 38.8 Å². The second-order valence-electron chi connectivity index (χ2n) is 4.92. The van der Waals surface area contributed by atoms with E-state index in [1.54, 1.807) is 6.07 Å². The lowest BCUT2D eigenvalue weighted by Gasteiger charge is -2.22. The molecule has 0 bridgehead atoms. The normalized spacial score (nSPS) is 13.9. The van der Waals surface area contributed by atoms with Crippen LogP contribution in [0.5, 0.6) is 0 Å². The summed E-state index contributed by atoms with van der Waals surface area (Å²) in [7, 11) is 0. The fourth-order valence-corrected chi connectivity index (χ4v) is 2.11. The molecule has 0 spiro atoms. The standard InChI is InChI=1S/C14H21ClN2O2/c1-4-10(3)8-11(5-2)16-14-9-12(17(18)19)6-7-13(14)15/h6-7,9-11,16H,4-5,8H2,1-3H3. The molecule has 0 aromatic heterocycles. The minimum atomic E-state index is -0.406. The lowest BCUT2D eigenvalue weighted by atomic mass is 9.97. The van der Waals surface area contributed by atoms with E-state index in [4.69, 9.17) is 11.6 Å². The molecule has 1 N–H and O–H groups in total. The minimum absolute atomic E-state index is 0.0605. The van der Waals surface area contributed by atoms with Gasteiger partial charge in [0.25, 0.3) is 5.69 Å². The summed E-state index contributed by atoms with van der Waals surface area (Å²) in [4.78, 5) is 10.4. The highest BCUT2D eigenvalue weighted by Crippen LogP contribution is 2.28. The Morgan fingerprint density at radius 2 is 2.05 bits per heavy atom. The average Bonchev–Trinajstić information content (AvgIpc) is 2.39. The summed E-state index contributed by atoms with van der Waals surface area (Å²) in [6, 6.07) is 4.78. The van der Waals surface area contributed by atoms with Gasteiger partial charge in [0.2, 0.25) is 0 Å². The molecule has 0 aliphatic rings. The number of anilines is 1. The predicted molar refractivity (Wildman–Crippen MR) is 79.9 cm³/mol. The van der Waals surface area contributed by atoms with Crippen LogP contribution in [0.4, 0.5) is 11.4 Å². The number of benzene rings is 1. The zero-order chi connectivity index (χ0) is 14.4. The maximum absolute atomic E-state index is 10.8. The molecule has 0 aliphatic heterocycles. The summed E-state index contributed by atoms with van der Waals surface area (Å²) < 4.78 is 0. The van der Waals surface area contributed by atoms with Gasteiger partial charge in [-0.3, -0.25) is 10.1 Å². The van der Waals surface area contributed by atoms with Crippen molar-refractivity contribution in [3.63, 3.8) is 0 Å². The third-order valence-corrected chi connectivity index (χ3v) is 3.73. The summed E-state index contributed by atoms with van der Waals surface area (Å²) in [5, 5.41) is 14.6. The predicted octanol–water partition coefficient (Wildman–Crippen LogP) is 4.87. The first-order valence-corrected chi connectivity index (χ1v) is 7.06. The van der Waals surface area contributed by atoms with Gasteiger partial charge in [0.15, 0.2) is 0 Å². The Labute approximate surface area is 119 Å². The second-order valence-corrected chi connectivity index (χ2v) is 5.33. The third kappa shape index (κ3) is 4.71. The van der Waals surface area contributed by atoms with E-state index in [0.717, 1.165) is 19.3 Å². The minimum Gasteiger partial charge on any atom is -0.381 e. The monoisotopic (exact) mass is 284 g/mol. The van der Waals surface area contributed by atoms with E-state index < -0.39 is 4.92 Å². The maximum Gasteiger partial charge on any atom is 0.271 e. The van der Waals surface area contributed by atoms with Gasteiger partial charge >= 0.3 is 0 Å². The summed E-state index contributed by atoms with van der Waals surface area (Å²) in [6.45, 7) is 6.47. The molecule has 4 nitrogen and oxygen atoms in total. The number of nitrogens with one attached hydrogen (secondary N) is 1.